The maximum Gasteiger partial charge on any atom is 0.142 e. The predicted molar refractivity (Wildman–Crippen MR) is 33.6 cm³/mol. The van der Waals surface area contributed by atoms with Crippen LogP contribution in [0.4, 0.5) is 0 Å². The molecule has 0 aliphatic heterocycles. The molecule has 0 saturated heterocycles. The summed E-state index contributed by atoms with van der Waals surface area (Å²) >= 11 is 0. The Labute approximate surface area is 53.9 Å². The van der Waals surface area contributed by atoms with Gasteiger partial charge in [0.1, 0.15) is 5.82 Å². The van der Waals surface area contributed by atoms with Gasteiger partial charge in [-0.15, -0.1) is 0 Å². The largest absolute Gasteiger partial charge is 0.427 e. The summed E-state index contributed by atoms with van der Waals surface area (Å²) in [5.74, 6) is 0.644. The summed E-state index contributed by atoms with van der Waals surface area (Å²) in [6, 6.07) is 0. The summed E-state index contributed by atoms with van der Waals surface area (Å²) < 4.78 is 1.09. The monoisotopic (exact) mass is 126 g/mol. The summed E-state index contributed by atoms with van der Waals surface area (Å²) in [6.45, 7) is 5.46. The molecule has 9 heavy (non-hydrogen) atoms. The lowest BCUT2D eigenvalue weighted by Crippen LogP contribution is -1.94. The van der Waals surface area contributed by atoms with Gasteiger partial charge >= 0.3 is 0 Å². The number of hydrogen-bond donors (Lipinski definition) is 1. The Morgan fingerprint density at radius 1 is 1.33 bits per heavy atom. The fourth-order valence-electron chi connectivity index (χ4n) is 0.767. The van der Waals surface area contributed by atoms with Gasteiger partial charge in [0, 0.05) is 0 Å². The Hall–Kier alpha value is -0.990. The molecule has 1 aromatic heterocycles. The molecule has 0 saturated carbocycles. The highest BCUT2D eigenvalue weighted by Crippen LogP contribution is 2.04. The lowest BCUT2D eigenvalue weighted by molar-refractivity contribution is 0.172. The molecule has 1 heterocycles. The molecule has 3 heteroatoms. The molecule has 0 aromatic carbocycles. The van der Waals surface area contributed by atoms with Crippen molar-refractivity contribution in [3.8, 4) is 0 Å². The van der Waals surface area contributed by atoms with Crippen molar-refractivity contribution in [2.45, 2.75) is 20.8 Å². The molecule has 0 fully saturated rings. The number of imidazole rings is 1. The normalized spacial score (nSPS) is 10.1. The zero-order valence-electron chi connectivity index (χ0n) is 5.84. The summed E-state index contributed by atoms with van der Waals surface area (Å²) in [5.41, 5.74) is 1.70. The maximum atomic E-state index is 9.08. The Kier molecular flexibility index (Phi) is 1.20. The van der Waals surface area contributed by atoms with Gasteiger partial charge in [-0.3, -0.25) is 0 Å². The molecule has 1 N–H and O–H groups in total. The van der Waals surface area contributed by atoms with Crippen LogP contribution < -0.4 is 0 Å². The van der Waals surface area contributed by atoms with Crippen molar-refractivity contribution >= 4 is 0 Å². The van der Waals surface area contributed by atoms with Crippen LogP contribution in [0.5, 0.6) is 0 Å². The van der Waals surface area contributed by atoms with Gasteiger partial charge in [0.05, 0.1) is 11.4 Å². The molecule has 0 radical (unpaired) electrons. The van der Waals surface area contributed by atoms with Crippen LogP contribution in [0.2, 0.25) is 0 Å². The van der Waals surface area contributed by atoms with E-state index in [1.807, 2.05) is 13.8 Å². The van der Waals surface area contributed by atoms with Gasteiger partial charge in [-0.05, 0) is 20.8 Å². The van der Waals surface area contributed by atoms with Crippen LogP contribution in [0.25, 0.3) is 0 Å². The van der Waals surface area contributed by atoms with Crippen LogP contribution in [0.15, 0.2) is 0 Å². The van der Waals surface area contributed by atoms with Crippen LogP contribution >= 0.6 is 0 Å². The van der Waals surface area contributed by atoms with Gasteiger partial charge < -0.3 is 5.21 Å². The van der Waals surface area contributed by atoms with Gasteiger partial charge in [0.25, 0.3) is 0 Å². The fourth-order valence-corrected chi connectivity index (χ4v) is 0.767. The topological polar surface area (TPSA) is 38.0 Å². The molecule has 0 spiro atoms. The minimum atomic E-state index is 0.644. The molecule has 0 atom stereocenters. The van der Waals surface area contributed by atoms with E-state index >= 15 is 0 Å². The van der Waals surface area contributed by atoms with Crippen LogP contribution in [-0.2, 0) is 0 Å². The van der Waals surface area contributed by atoms with Crippen LogP contribution in [0, 0.1) is 20.8 Å². The van der Waals surface area contributed by atoms with Crippen molar-refractivity contribution in [1.29, 1.82) is 0 Å². The third-order valence-electron chi connectivity index (χ3n) is 1.48. The third kappa shape index (κ3) is 0.781. The quantitative estimate of drug-likeness (QED) is 0.527. The van der Waals surface area contributed by atoms with Crippen molar-refractivity contribution < 1.29 is 5.21 Å². The number of rotatable bonds is 0. The van der Waals surface area contributed by atoms with Crippen LogP contribution in [-0.4, -0.2) is 14.9 Å². The molecule has 0 aliphatic carbocycles. The van der Waals surface area contributed by atoms with Gasteiger partial charge in [-0.1, -0.05) is 0 Å². The minimum absolute atomic E-state index is 0.644. The average Bonchev–Trinajstić information content (AvgIpc) is 1.98. The van der Waals surface area contributed by atoms with E-state index in [-0.39, 0.29) is 0 Å². The lowest BCUT2D eigenvalue weighted by atomic mass is 10.4. The number of aromatic nitrogens is 2. The van der Waals surface area contributed by atoms with E-state index in [2.05, 4.69) is 4.98 Å². The molecule has 1 aromatic rings. The van der Waals surface area contributed by atoms with E-state index in [4.69, 9.17) is 5.21 Å². The molecule has 50 valence electrons. The van der Waals surface area contributed by atoms with Crippen molar-refractivity contribution in [2.24, 2.45) is 0 Å². The Bertz CT molecular complexity index is 205. The Balaban J connectivity index is 3.29. The molecular formula is C6H10N2O. The zero-order chi connectivity index (χ0) is 7.02. The highest BCUT2D eigenvalue weighted by molar-refractivity contribution is 5.11. The second kappa shape index (κ2) is 1.76. The van der Waals surface area contributed by atoms with Crippen LogP contribution in [0.1, 0.15) is 17.2 Å². The smallest absolute Gasteiger partial charge is 0.142 e. The second-order valence-corrected chi connectivity index (χ2v) is 2.14. The highest BCUT2D eigenvalue weighted by atomic mass is 16.5. The molecular weight excluding hydrogens is 116 g/mol. The second-order valence-electron chi connectivity index (χ2n) is 2.14. The SMILES string of the molecule is Cc1nc(C)n(O)c1C. The van der Waals surface area contributed by atoms with E-state index in [1.165, 1.54) is 0 Å². The van der Waals surface area contributed by atoms with Gasteiger partial charge in [-0.2, -0.15) is 4.73 Å². The van der Waals surface area contributed by atoms with Crippen molar-refractivity contribution in [2.75, 3.05) is 0 Å². The number of aryl methyl sites for hydroxylation is 2. The fraction of sp³-hybridized carbons (Fsp3) is 0.500. The lowest BCUT2D eigenvalue weighted by Gasteiger charge is -1.93. The molecule has 0 bridgehead atoms. The minimum Gasteiger partial charge on any atom is -0.427 e. The van der Waals surface area contributed by atoms with Gasteiger partial charge in [0.15, 0.2) is 0 Å². The molecule has 0 unspecified atom stereocenters. The summed E-state index contributed by atoms with van der Waals surface area (Å²) in [4.78, 5) is 4.02. The standard InChI is InChI=1S/C6H10N2O/c1-4-5(2)8(9)6(3)7-4/h9H,1-3H3. The van der Waals surface area contributed by atoms with Gasteiger partial charge in [-0.25, -0.2) is 4.98 Å². The molecule has 1 rings (SSSR count). The van der Waals surface area contributed by atoms with Gasteiger partial charge in [0.2, 0.25) is 0 Å². The summed E-state index contributed by atoms with van der Waals surface area (Å²) in [6.07, 6.45) is 0. The van der Waals surface area contributed by atoms with E-state index < -0.39 is 0 Å². The van der Waals surface area contributed by atoms with Crippen molar-refractivity contribution in [3.05, 3.63) is 17.2 Å². The van der Waals surface area contributed by atoms with Crippen LogP contribution in [0.3, 0.4) is 0 Å². The number of nitrogens with zero attached hydrogens (tertiary/aromatic N) is 2. The first-order valence-electron chi connectivity index (χ1n) is 2.84. The zero-order valence-corrected chi connectivity index (χ0v) is 5.84. The first-order chi connectivity index (χ1) is 4.13. The van der Waals surface area contributed by atoms with Crippen molar-refractivity contribution in [1.82, 2.24) is 9.71 Å². The highest BCUT2D eigenvalue weighted by Gasteiger charge is 2.03. The summed E-state index contributed by atoms with van der Waals surface area (Å²) in [7, 11) is 0. The predicted octanol–water partition coefficient (Wildman–Crippen LogP) is 1.05. The first kappa shape index (κ1) is 6.13. The van der Waals surface area contributed by atoms with E-state index in [1.54, 1.807) is 6.92 Å². The van der Waals surface area contributed by atoms with E-state index in [0.717, 1.165) is 16.1 Å². The Morgan fingerprint density at radius 2 is 1.89 bits per heavy atom. The van der Waals surface area contributed by atoms with E-state index in [0.29, 0.717) is 5.82 Å². The summed E-state index contributed by atoms with van der Waals surface area (Å²) in [5, 5.41) is 9.08. The van der Waals surface area contributed by atoms with Crippen molar-refractivity contribution in [3.63, 3.8) is 0 Å². The molecule has 0 amide bonds. The van der Waals surface area contributed by atoms with E-state index in [9.17, 15) is 0 Å². The number of hydrogen-bond acceptors (Lipinski definition) is 2. The first-order valence-corrected chi connectivity index (χ1v) is 2.84. The average molecular weight is 126 g/mol. The molecule has 3 nitrogen and oxygen atoms in total. The third-order valence-corrected chi connectivity index (χ3v) is 1.48. The maximum absolute atomic E-state index is 9.08. The molecule has 0 aliphatic rings. The Morgan fingerprint density at radius 3 is 2.00 bits per heavy atom.